The van der Waals surface area contributed by atoms with Gasteiger partial charge in [0, 0.05) is 6.42 Å². The smallest absolute Gasteiger partial charge is 0.320 e. The first-order valence-electron chi connectivity index (χ1n) is 2.35. The van der Waals surface area contributed by atoms with Crippen LogP contribution in [0.5, 0.6) is 0 Å². The summed E-state index contributed by atoms with van der Waals surface area (Å²) < 4.78 is 11.8. The van der Waals surface area contributed by atoms with Gasteiger partial charge in [-0.3, -0.25) is 4.79 Å². The zero-order valence-corrected chi connectivity index (χ0v) is 4.80. The molecule has 0 aliphatic heterocycles. The first-order valence-corrected chi connectivity index (χ1v) is 2.35. The highest BCUT2D eigenvalue weighted by atomic mass is 19.1. The van der Waals surface area contributed by atoms with Gasteiger partial charge in [0.1, 0.15) is 6.04 Å². The molecule has 0 radical (unpaired) electrons. The van der Waals surface area contributed by atoms with Gasteiger partial charge in [-0.05, 0) is 0 Å². The number of rotatable bonds is 3. The summed E-state index contributed by atoms with van der Waals surface area (Å²) in [6.07, 6.45) is -0.310. The van der Waals surface area contributed by atoms with Gasteiger partial charge in [-0.2, -0.15) is 0 Å². The lowest BCUT2D eigenvalue weighted by Gasteiger charge is -2.00. The summed E-state index contributed by atoms with van der Waals surface area (Å²) in [4.78, 5) is 9.90. The molecule has 0 unspecified atom stereocenters. The molecule has 0 saturated carbocycles. The molecule has 0 aromatic heterocycles. The second kappa shape index (κ2) is 3.19. The van der Waals surface area contributed by atoms with Crippen molar-refractivity contribution in [3.05, 3.63) is 12.4 Å². The van der Waals surface area contributed by atoms with Gasteiger partial charge in [0.2, 0.25) is 0 Å². The normalized spacial score (nSPS) is 12.7. The summed E-state index contributed by atoms with van der Waals surface area (Å²) in [5.41, 5.74) is 4.92. The lowest BCUT2D eigenvalue weighted by molar-refractivity contribution is -0.138. The highest BCUT2D eigenvalue weighted by Gasteiger charge is 2.11. The average Bonchev–Trinajstić information content (AvgIpc) is 1.63. The predicted octanol–water partition coefficient (Wildman–Crippen LogP) is 0.272. The maximum absolute atomic E-state index is 11.8. The predicted molar refractivity (Wildman–Crippen MR) is 30.5 cm³/mol. The molecule has 9 heavy (non-hydrogen) atoms. The highest BCUT2D eigenvalue weighted by Crippen LogP contribution is 2.01. The molecule has 4 heteroatoms. The van der Waals surface area contributed by atoms with E-state index in [0.717, 1.165) is 0 Å². The van der Waals surface area contributed by atoms with E-state index in [9.17, 15) is 9.18 Å². The monoisotopic (exact) mass is 133 g/mol. The number of nitrogens with two attached hydrogens (primary N) is 1. The van der Waals surface area contributed by atoms with Crippen molar-refractivity contribution in [1.29, 1.82) is 0 Å². The van der Waals surface area contributed by atoms with E-state index in [0.29, 0.717) is 0 Å². The molecule has 0 fully saturated rings. The maximum atomic E-state index is 11.8. The van der Waals surface area contributed by atoms with Crippen molar-refractivity contribution in [2.75, 3.05) is 0 Å². The van der Waals surface area contributed by atoms with Gasteiger partial charge in [-0.25, -0.2) is 4.39 Å². The van der Waals surface area contributed by atoms with E-state index in [1.807, 2.05) is 0 Å². The van der Waals surface area contributed by atoms with Gasteiger partial charge in [0.05, 0.1) is 5.83 Å². The molecule has 52 valence electrons. The van der Waals surface area contributed by atoms with Crippen molar-refractivity contribution in [3.63, 3.8) is 0 Å². The van der Waals surface area contributed by atoms with E-state index in [4.69, 9.17) is 10.8 Å². The van der Waals surface area contributed by atoms with E-state index in [2.05, 4.69) is 6.58 Å². The van der Waals surface area contributed by atoms with Gasteiger partial charge in [0.15, 0.2) is 0 Å². The first-order chi connectivity index (χ1) is 4.04. The lowest BCUT2D eigenvalue weighted by atomic mass is 10.2. The van der Waals surface area contributed by atoms with Gasteiger partial charge in [-0.1, -0.05) is 6.58 Å². The molecule has 0 aromatic carbocycles. The number of hydrogen-bond acceptors (Lipinski definition) is 2. The van der Waals surface area contributed by atoms with Crippen LogP contribution in [0.25, 0.3) is 0 Å². The first kappa shape index (κ1) is 8.10. The molecule has 0 aromatic rings. The van der Waals surface area contributed by atoms with Crippen molar-refractivity contribution in [1.82, 2.24) is 0 Å². The van der Waals surface area contributed by atoms with Crippen LogP contribution >= 0.6 is 0 Å². The number of carbonyl (C=O) groups is 1. The number of halogens is 1. The Morgan fingerprint density at radius 2 is 2.33 bits per heavy atom. The Labute approximate surface area is 52.0 Å². The minimum absolute atomic E-state index is 0.310. The highest BCUT2D eigenvalue weighted by molar-refractivity contribution is 5.73. The molecular formula is C5H8FNO2. The van der Waals surface area contributed by atoms with Crippen LogP contribution < -0.4 is 5.73 Å². The second-order valence-corrected chi connectivity index (χ2v) is 1.67. The van der Waals surface area contributed by atoms with Crippen LogP contribution in [0.4, 0.5) is 4.39 Å². The fraction of sp³-hybridized carbons (Fsp3) is 0.400. The van der Waals surface area contributed by atoms with Gasteiger partial charge >= 0.3 is 5.97 Å². The van der Waals surface area contributed by atoms with Crippen LogP contribution in [0.2, 0.25) is 0 Å². The van der Waals surface area contributed by atoms with Gasteiger partial charge < -0.3 is 10.8 Å². The van der Waals surface area contributed by atoms with Crippen molar-refractivity contribution in [2.24, 2.45) is 5.73 Å². The molecule has 0 aliphatic carbocycles. The standard InChI is InChI=1S/C5H8FNO2/c1-3(6)2-4(7)5(8)9/h4H,1-2,7H2,(H,8,9)/t4-/m1/s1. The zero-order valence-electron chi connectivity index (χ0n) is 4.80. The quantitative estimate of drug-likeness (QED) is 0.580. The van der Waals surface area contributed by atoms with Crippen molar-refractivity contribution in [3.8, 4) is 0 Å². The minimum atomic E-state index is -1.21. The average molecular weight is 133 g/mol. The molecule has 3 nitrogen and oxygen atoms in total. The maximum Gasteiger partial charge on any atom is 0.320 e. The Morgan fingerprint density at radius 3 is 2.44 bits per heavy atom. The van der Waals surface area contributed by atoms with Crippen LogP contribution in [0.3, 0.4) is 0 Å². The Balaban J connectivity index is 3.63. The number of carboxylic acids is 1. The molecule has 3 N–H and O–H groups in total. The van der Waals surface area contributed by atoms with E-state index in [1.54, 1.807) is 0 Å². The number of hydrogen-bond donors (Lipinski definition) is 2. The lowest BCUT2D eigenvalue weighted by Crippen LogP contribution is -2.29. The summed E-state index contributed by atoms with van der Waals surface area (Å²) in [6.45, 7) is 2.87. The molecule has 0 heterocycles. The van der Waals surface area contributed by atoms with Crippen LogP contribution in [0, 0.1) is 0 Å². The third-order valence-corrected chi connectivity index (χ3v) is 0.759. The molecule has 1 atom stereocenters. The van der Waals surface area contributed by atoms with Crippen LogP contribution in [-0.4, -0.2) is 17.1 Å². The molecule has 0 aliphatic rings. The minimum Gasteiger partial charge on any atom is -0.480 e. The zero-order chi connectivity index (χ0) is 7.44. The van der Waals surface area contributed by atoms with Crippen molar-refractivity contribution in [2.45, 2.75) is 12.5 Å². The van der Waals surface area contributed by atoms with Crippen LogP contribution in [0.15, 0.2) is 12.4 Å². The molecular weight excluding hydrogens is 125 g/mol. The Morgan fingerprint density at radius 1 is 1.89 bits per heavy atom. The van der Waals surface area contributed by atoms with Gasteiger partial charge in [-0.15, -0.1) is 0 Å². The van der Waals surface area contributed by atoms with E-state index in [1.165, 1.54) is 0 Å². The summed E-state index contributed by atoms with van der Waals surface area (Å²) in [7, 11) is 0. The summed E-state index contributed by atoms with van der Waals surface area (Å²) in [6, 6.07) is -1.16. The fourth-order valence-electron chi connectivity index (χ4n) is 0.326. The molecule has 0 saturated heterocycles. The third-order valence-electron chi connectivity index (χ3n) is 0.759. The molecule has 0 rings (SSSR count). The topological polar surface area (TPSA) is 63.3 Å². The Bertz CT molecular complexity index is 135. The Kier molecular flexibility index (Phi) is 2.87. The fourth-order valence-corrected chi connectivity index (χ4v) is 0.326. The number of aliphatic carboxylic acids is 1. The Hall–Kier alpha value is -0.900. The summed E-state index contributed by atoms with van der Waals surface area (Å²) in [5, 5.41) is 8.10. The molecule has 0 spiro atoms. The third kappa shape index (κ3) is 3.66. The van der Waals surface area contributed by atoms with Gasteiger partial charge in [0.25, 0.3) is 0 Å². The molecule has 0 amide bonds. The molecule has 0 bridgehead atoms. The van der Waals surface area contributed by atoms with E-state index < -0.39 is 17.8 Å². The van der Waals surface area contributed by atoms with Crippen molar-refractivity contribution >= 4 is 5.97 Å². The SMILES string of the molecule is C=C(F)C[C@@H](N)C(=O)O. The summed E-state index contributed by atoms with van der Waals surface area (Å²) >= 11 is 0. The van der Waals surface area contributed by atoms with Crippen LogP contribution in [0.1, 0.15) is 6.42 Å². The van der Waals surface area contributed by atoms with E-state index in [-0.39, 0.29) is 6.42 Å². The van der Waals surface area contributed by atoms with E-state index >= 15 is 0 Å². The second-order valence-electron chi connectivity index (χ2n) is 1.67. The van der Waals surface area contributed by atoms with Crippen molar-refractivity contribution < 1.29 is 14.3 Å². The summed E-state index contributed by atoms with van der Waals surface area (Å²) in [5.74, 6) is -1.92. The largest absolute Gasteiger partial charge is 0.480 e. The number of carboxylic acid groups (broad SMARTS) is 1. The van der Waals surface area contributed by atoms with Crippen LogP contribution in [-0.2, 0) is 4.79 Å².